The van der Waals surface area contributed by atoms with Gasteiger partial charge in [0.25, 0.3) is 11.6 Å². The summed E-state index contributed by atoms with van der Waals surface area (Å²) in [7, 11) is 0. The molecule has 0 spiro atoms. The maximum absolute atomic E-state index is 12.7. The number of piperazine rings is 1. The lowest BCUT2D eigenvalue weighted by Crippen LogP contribution is -2.47. The van der Waals surface area contributed by atoms with E-state index in [1.165, 1.54) is 23.9 Å². The van der Waals surface area contributed by atoms with Crippen LogP contribution >= 0.6 is 23.4 Å². The Morgan fingerprint density at radius 1 is 0.973 bits per heavy atom. The van der Waals surface area contributed by atoms with Crippen molar-refractivity contribution in [2.45, 2.75) is 6.61 Å². The molecule has 1 amide bonds. The minimum absolute atomic E-state index is 0.0350. The van der Waals surface area contributed by atoms with Crippen molar-refractivity contribution >= 4 is 51.9 Å². The number of nitro benzene ring substituents is 1. The van der Waals surface area contributed by atoms with Gasteiger partial charge in [-0.1, -0.05) is 29.8 Å². The molecular formula is C27H23ClN4O4S. The molecule has 37 heavy (non-hydrogen) atoms. The van der Waals surface area contributed by atoms with E-state index in [0.29, 0.717) is 10.7 Å². The molecule has 2 heterocycles. The zero-order valence-corrected chi connectivity index (χ0v) is 21.3. The van der Waals surface area contributed by atoms with Crippen molar-refractivity contribution in [3.63, 3.8) is 0 Å². The quantitative estimate of drug-likeness (QED) is 0.230. The number of rotatable bonds is 6. The molecule has 5 rings (SSSR count). The topological polar surface area (TPSA) is 88.3 Å². The Balaban J connectivity index is 1.21. The van der Waals surface area contributed by atoms with E-state index in [2.05, 4.69) is 14.8 Å². The van der Waals surface area contributed by atoms with Crippen LogP contribution in [0.3, 0.4) is 0 Å². The zero-order chi connectivity index (χ0) is 25.8. The van der Waals surface area contributed by atoms with Gasteiger partial charge in [-0.15, -0.1) is 0 Å². The van der Waals surface area contributed by atoms with E-state index < -0.39 is 4.92 Å². The van der Waals surface area contributed by atoms with Crippen molar-refractivity contribution in [3.05, 3.63) is 104 Å². The van der Waals surface area contributed by atoms with Gasteiger partial charge in [-0.2, -0.15) is 4.99 Å². The first-order valence-electron chi connectivity index (χ1n) is 11.7. The van der Waals surface area contributed by atoms with Gasteiger partial charge in [-0.25, -0.2) is 0 Å². The standard InChI is InChI=1S/C27H23ClN4O4S/c28-21-7-11-22(12-8-21)30-13-15-31(16-14-30)27-29-26(33)25(37-27)17-20-3-1-2-4-24(20)36-18-19-5-9-23(10-6-19)32(34)35/h1-12,17H,13-16,18H2. The molecule has 0 atom stereocenters. The summed E-state index contributed by atoms with van der Waals surface area (Å²) in [6, 6.07) is 21.5. The molecule has 0 radical (unpaired) electrons. The minimum Gasteiger partial charge on any atom is -0.488 e. The van der Waals surface area contributed by atoms with Crippen molar-refractivity contribution in [3.8, 4) is 5.75 Å². The highest BCUT2D eigenvalue weighted by atomic mass is 35.5. The maximum Gasteiger partial charge on any atom is 0.286 e. The Bertz CT molecular complexity index is 1370. The lowest BCUT2D eigenvalue weighted by molar-refractivity contribution is -0.384. The highest BCUT2D eigenvalue weighted by molar-refractivity contribution is 8.18. The first-order chi connectivity index (χ1) is 18.0. The van der Waals surface area contributed by atoms with Gasteiger partial charge < -0.3 is 14.5 Å². The summed E-state index contributed by atoms with van der Waals surface area (Å²) in [5.74, 6) is 0.358. The van der Waals surface area contributed by atoms with Crippen LogP contribution in [-0.2, 0) is 11.4 Å². The lowest BCUT2D eigenvalue weighted by atomic mass is 10.1. The van der Waals surface area contributed by atoms with E-state index in [0.717, 1.165) is 53.2 Å². The van der Waals surface area contributed by atoms with Crippen LogP contribution in [0.25, 0.3) is 6.08 Å². The van der Waals surface area contributed by atoms with Crippen molar-refractivity contribution < 1.29 is 14.5 Å². The number of benzene rings is 3. The van der Waals surface area contributed by atoms with Crippen LogP contribution in [0.4, 0.5) is 11.4 Å². The zero-order valence-electron chi connectivity index (χ0n) is 19.7. The summed E-state index contributed by atoms with van der Waals surface area (Å²) < 4.78 is 5.98. The second-order valence-corrected chi connectivity index (χ2v) is 9.96. The molecule has 0 saturated carbocycles. The molecule has 2 aliphatic heterocycles. The molecule has 1 saturated heterocycles. The van der Waals surface area contributed by atoms with Gasteiger partial charge in [0.1, 0.15) is 12.4 Å². The van der Waals surface area contributed by atoms with Crippen LogP contribution in [0.1, 0.15) is 11.1 Å². The average Bonchev–Trinajstić information content (AvgIpc) is 3.29. The molecule has 188 valence electrons. The third kappa shape index (κ3) is 5.95. The molecule has 0 N–H and O–H groups in total. The second kappa shape index (κ2) is 11.1. The van der Waals surface area contributed by atoms with Crippen LogP contribution in [0.15, 0.2) is 82.7 Å². The fourth-order valence-corrected chi connectivity index (χ4v) is 5.17. The van der Waals surface area contributed by atoms with Crippen molar-refractivity contribution in [2.75, 3.05) is 31.1 Å². The maximum atomic E-state index is 12.7. The molecule has 3 aromatic rings. The molecule has 3 aromatic carbocycles. The number of amides is 1. The molecule has 0 aliphatic carbocycles. The number of thioether (sulfide) groups is 1. The van der Waals surface area contributed by atoms with Gasteiger partial charge in [-0.3, -0.25) is 14.9 Å². The van der Waals surface area contributed by atoms with Crippen LogP contribution in [0, 0.1) is 10.1 Å². The summed E-state index contributed by atoms with van der Waals surface area (Å²) in [5.41, 5.74) is 2.74. The van der Waals surface area contributed by atoms with Crippen molar-refractivity contribution in [1.82, 2.24) is 4.90 Å². The molecule has 8 nitrogen and oxygen atoms in total. The average molecular weight is 535 g/mol. The predicted molar refractivity (Wildman–Crippen MR) is 147 cm³/mol. The van der Waals surface area contributed by atoms with E-state index in [4.69, 9.17) is 16.3 Å². The molecule has 0 unspecified atom stereocenters. The molecule has 2 aliphatic rings. The smallest absolute Gasteiger partial charge is 0.286 e. The molecule has 1 fully saturated rings. The number of nitro groups is 1. The number of hydrogen-bond acceptors (Lipinski definition) is 7. The van der Waals surface area contributed by atoms with Crippen LogP contribution in [0.2, 0.25) is 5.02 Å². The highest BCUT2D eigenvalue weighted by Crippen LogP contribution is 2.33. The van der Waals surface area contributed by atoms with Gasteiger partial charge in [-0.05, 0) is 65.9 Å². The van der Waals surface area contributed by atoms with E-state index in [9.17, 15) is 14.9 Å². The Labute approximate surface area is 223 Å². The summed E-state index contributed by atoms with van der Waals surface area (Å²) in [6.45, 7) is 3.44. The fraction of sp³-hybridized carbons (Fsp3) is 0.185. The number of aliphatic imine (C=N–C) groups is 1. The van der Waals surface area contributed by atoms with Crippen molar-refractivity contribution in [1.29, 1.82) is 0 Å². The van der Waals surface area contributed by atoms with Crippen LogP contribution in [-0.4, -0.2) is 47.1 Å². The van der Waals surface area contributed by atoms with Gasteiger partial charge >= 0.3 is 0 Å². The number of carbonyl (C=O) groups is 1. The molecular weight excluding hydrogens is 512 g/mol. The molecule has 0 bridgehead atoms. The second-order valence-electron chi connectivity index (χ2n) is 8.51. The summed E-state index contributed by atoms with van der Waals surface area (Å²) in [6.07, 6.45) is 1.80. The number of amidine groups is 1. The van der Waals surface area contributed by atoms with Crippen molar-refractivity contribution in [2.24, 2.45) is 4.99 Å². The van der Waals surface area contributed by atoms with Gasteiger partial charge in [0.15, 0.2) is 5.17 Å². The van der Waals surface area contributed by atoms with Crippen LogP contribution in [0.5, 0.6) is 5.75 Å². The third-order valence-corrected chi connectivity index (χ3v) is 7.39. The monoisotopic (exact) mass is 534 g/mol. The van der Waals surface area contributed by atoms with E-state index in [1.807, 2.05) is 48.5 Å². The normalized spacial score (nSPS) is 16.7. The summed E-state index contributed by atoms with van der Waals surface area (Å²) in [5, 5.41) is 12.3. The first kappa shape index (κ1) is 24.9. The van der Waals surface area contributed by atoms with Crippen LogP contribution < -0.4 is 9.64 Å². The Kier molecular flexibility index (Phi) is 7.43. The van der Waals surface area contributed by atoms with E-state index in [-0.39, 0.29) is 18.2 Å². The largest absolute Gasteiger partial charge is 0.488 e. The predicted octanol–water partition coefficient (Wildman–Crippen LogP) is 5.62. The number of hydrogen-bond donors (Lipinski definition) is 0. The number of ether oxygens (including phenoxy) is 1. The SMILES string of the molecule is O=C1N=C(N2CCN(c3ccc(Cl)cc3)CC2)SC1=Cc1ccccc1OCc1ccc([N+](=O)[O-])cc1. The van der Waals surface area contributed by atoms with E-state index >= 15 is 0 Å². The Morgan fingerprint density at radius 2 is 1.65 bits per heavy atom. The van der Waals surface area contributed by atoms with E-state index in [1.54, 1.807) is 18.2 Å². The highest BCUT2D eigenvalue weighted by Gasteiger charge is 2.28. The van der Waals surface area contributed by atoms with Gasteiger partial charge in [0, 0.05) is 54.6 Å². The number of nitrogens with zero attached hydrogens (tertiary/aromatic N) is 4. The summed E-state index contributed by atoms with van der Waals surface area (Å²) >= 11 is 7.38. The minimum atomic E-state index is -0.432. The number of para-hydroxylation sites is 1. The third-order valence-electron chi connectivity index (χ3n) is 6.10. The number of carbonyl (C=O) groups excluding carboxylic acids is 1. The first-order valence-corrected chi connectivity index (χ1v) is 12.9. The number of non-ortho nitro benzene ring substituents is 1. The number of halogens is 1. The lowest BCUT2D eigenvalue weighted by Gasteiger charge is -2.36. The molecule has 10 heteroatoms. The van der Waals surface area contributed by atoms with Gasteiger partial charge in [0.05, 0.1) is 9.83 Å². The van der Waals surface area contributed by atoms with Gasteiger partial charge in [0.2, 0.25) is 0 Å². The number of anilines is 1. The fourth-order valence-electron chi connectivity index (χ4n) is 4.09. The Morgan fingerprint density at radius 3 is 2.35 bits per heavy atom. The molecule has 0 aromatic heterocycles. The summed E-state index contributed by atoms with van der Waals surface area (Å²) in [4.78, 5) is 32.4. The Hall–Kier alpha value is -3.82.